The minimum Gasteiger partial charge on any atom is -0.357 e. The van der Waals surface area contributed by atoms with Gasteiger partial charge in [-0.1, -0.05) is 77.3 Å². The smallest absolute Gasteiger partial charge is 0.244 e. The molecule has 3 rings (SSSR count). The van der Waals surface area contributed by atoms with E-state index in [1.54, 1.807) is 24.3 Å². The molecule has 7 nitrogen and oxygen atoms in total. The molecule has 11 heteroatoms. The summed E-state index contributed by atoms with van der Waals surface area (Å²) in [6.07, 6.45) is 1.18. The molecule has 0 aromatic heterocycles. The average molecular weight is 583 g/mol. The van der Waals surface area contributed by atoms with Crippen molar-refractivity contribution in [2.24, 2.45) is 0 Å². The molecule has 3 aromatic carbocycles. The van der Waals surface area contributed by atoms with Crippen LogP contribution in [-0.2, 0) is 32.6 Å². The van der Waals surface area contributed by atoms with Crippen LogP contribution in [0.1, 0.15) is 11.1 Å². The van der Waals surface area contributed by atoms with E-state index in [4.69, 9.17) is 34.8 Å². The molecule has 0 radical (unpaired) electrons. The Kier molecular flexibility index (Phi) is 9.84. The summed E-state index contributed by atoms with van der Waals surface area (Å²) >= 11 is 18.5. The van der Waals surface area contributed by atoms with Gasteiger partial charge >= 0.3 is 0 Å². The van der Waals surface area contributed by atoms with E-state index in [1.807, 2.05) is 30.3 Å². The van der Waals surface area contributed by atoms with Gasteiger partial charge in [-0.2, -0.15) is 0 Å². The molecule has 0 saturated heterocycles. The third-order valence-corrected chi connectivity index (χ3v) is 7.53. The Morgan fingerprint density at radius 1 is 0.892 bits per heavy atom. The van der Waals surface area contributed by atoms with Crippen molar-refractivity contribution in [1.82, 2.24) is 10.2 Å². The fourth-order valence-corrected chi connectivity index (χ4v) is 5.33. The van der Waals surface area contributed by atoms with Crippen LogP contribution in [0.3, 0.4) is 0 Å². The first-order valence-electron chi connectivity index (χ1n) is 11.2. The molecule has 1 N–H and O–H groups in total. The normalized spacial score (nSPS) is 12.0. The van der Waals surface area contributed by atoms with E-state index in [9.17, 15) is 18.0 Å². The lowest BCUT2D eigenvalue weighted by Crippen LogP contribution is -2.52. The van der Waals surface area contributed by atoms with Crippen LogP contribution in [0.4, 0.5) is 5.69 Å². The molecular formula is C26H26Cl3N3O4S. The zero-order chi connectivity index (χ0) is 27.2. The van der Waals surface area contributed by atoms with Gasteiger partial charge in [0.15, 0.2) is 0 Å². The monoisotopic (exact) mass is 581 g/mol. The van der Waals surface area contributed by atoms with Gasteiger partial charge in [0.1, 0.15) is 12.6 Å². The molecule has 196 valence electrons. The van der Waals surface area contributed by atoms with Gasteiger partial charge in [0.05, 0.1) is 17.0 Å². The molecule has 0 aliphatic carbocycles. The van der Waals surface area contributed by atoms with Crippen LogP contribution in [0.5, 0.6) is 0 Å². The first-order chi connectivity index (χ1) is 17.5. The third-order valence-electron chi connectivity index (χ3n) is 5.62. The fraction of sp³-hybridized carbons (Fsp3) is 0.231. The molecule has 37 heavy (non-hydrogen) atoms. The van der Waals surface area contributed by atoms with Crippen LogP contribution >= 0.6 is 34.8 Å². The number of nitrogens with zero attached hydrogens (tertiary/aromatic N) is 2. The molecular weight excluding hydrogens is 557 g/mol. The predicted molar refractivity (Wildman–Crippen MR) is 149 cm³/mol. The van der Waals surface area contributed by atoms with Gasteiger partial charge in [0.25, 0.3) is 0 Å². The largest absolute Gasteiger partial charge is 0.357 e. The summed E-state index contributed by atoms with van der Waals surface area (Å²) in [4.78, 5) is 28.3. The number of sulfonamides is 1. The maximum atomic E-state index is 13.8. The highest BCUT2D eigenvalue weighted by molar-refractivity contribution is 7.92. The zero-order valence-electron chi connectivity index (χ0n) is 20.2. The van der Waals surface area contributed by atoms with E-state index in [1.165, 1.54) is 30.1 Å². The number of halogens is 3. The highest BCUT2D eigenvalue weighted by atomic mass is 35.5. The lowest BCUT2D eigenvalue weighted by atomic mass is 10.0. The van der Waals surface area contributed by atoms with Crippen molar-refractivity contribution in [2.45, 2.75) is 19.0 Å². The highest BCUT2D eigenvalue weighted by Gasteiger charge is 2.33. The molecule has 0 aliphatic heterocycles. The topological polar surface area (TPSA) is 86.8 Å². The van der Waals surface area contributed by atoms with Crippen molar-refractivity contribution in [3.05, 3.63) is 99.0 Å². The van der Waals surface area contributed by atoms with Crippen molar-refractivity contribution in [1.29, 1.82) is 0 Å². The number of rotatable bonds is 10. The van der Waals surface area contributed by atoms with Gasteiger partial charge in [-0.05, 0) is 41.5 Å². The van der Waals surface area contributed by atoms with Gasteiger partial charge in [0, 0.05) is 30.1 Å². The molecule has 0 saturated carbocycles. The molecule has 0 bridgehead atoms. The summed E-state index contributed by atoms with van der Waals surface area (Å²) in [6, 6.07) is 19.5. The highest BCUT2D eigenvalue weighted by Crippen LogP contribution is 2.31. The number of anilines is 1. The maximum absolute atomic E-state index is 13.8. The summed E-state index contributed by atoms with van der Waals surface area (Å²) in [5, 5.41) is 3.45. The average Bonchev–Trinajstić information content (AvgIpc) is 2.85. The lowest BCUT2D eigenvalue weighted by molar-refractivity contribution is -0.139. The third kappa shape index (κ3) is 7.85. The second kappa shape index (κ2) is 12.6. The van der Waals surface area contributed by atoms with Gasteiger partial charge in [-0.25, -0.2) is 8.42 Å². The molecule has 0 unspecified atom stereocenters. The van der Waals surface area contributed by atoms with E-state index in [0.717, 1.165) is 16.1 Å². The number of nitrogens with one attached hydrogen (secondary N) is 1. The quantitative estimate of drug-likeness (QED) is 0.372. The molecule has 3 aromatic rings. The Bertz CT molecular complexity index is 1370. The van der Waals surface area contributed by atoms with E-state index in [-0.39, 0.29) is 28.7 Å². The van der Waals surface area contributed by atoms with Crippen molar-refractivity contribution in [2.75, 3.05) is 24.2 Å². The van der Waals surface area contributed by atoms with Crippen molar-refractivity contribution >= 4 is 62.3 Å². The zero-order valence-corrected chi connectivity index (χ0v) is 23.3. The molecule has 0 heterocycles. The number of benzene rings is 3. The van der Waals surface area contributed by atoms with Crippen LogP contribution in [0, 0.1) is 0 Å². The number of hydrogen-bond donors (Lipinski definition) is 1. The number of carbonyl (C=O) groups is 2. The van der Waals surface area contributed by atoms with Gasteiger partial charge in [-0.15, -0.1) is 0 Å². The minimum atomic E-state index is -3.95. The molecule has 0 spiro atoms. The van der Waals surface area contributed by atoms with Gasteiger partial charge < -0.3 is 10.2 Å². The van der Waals surface area contributed by atoms with Crippen molar-refractivity contribution in [3.8, 4) is 0 Å². The number of carbonyl (C=O) groups excluding carboxylic acids is 2. The summed E-state index contributed by atoms with van der Waals surface area (Å²) in [6.45, 7) is -0.576. The Labute approximate surface area is 232 Å². The first-order valence-corrected chi connectivity index (χ1v) is 14.2. The Hall–Kier alpha value is -2.78. The van der Waals surface area contributed by atoms with Crippen LogP contribution in [0.15, 0.2) is 72.8 Å². The standard InChI is InChI=1S/C26H26Cl3N3O4S/c1-30-26(34)24(14-18-7-4-3-5-8-18)31(16-19-9-6-10-20(27)13-19)25(33)17-32(37(2,35)36)23-15-21(28)11-12-22(23)29/h3-13,15,24H,14,16-17H2,1-2H3,(H,30,34)/t24-/m0/s1. The lowest BCUT2D eigenvalue weighted by Gasteiger charge is -2.33. The first kappa shape index (κ1) is 28.8. The second-order valence-electron chi connectivity index (χ2n) is 8.34. The molecule has 0 aliphatic rings. The van der Waals surface area contributed by atoms with Crippen LogP contribution in [-0.4, -0.2) is 51.0 Å². The number of hydrogen-bond acceptors (Lipinski definition) is 4. The molecule has 2 amide bonds. The fourth-order valence-electron chi connectivity index (χ4n) is 3.82. The second-order valence-corrected chi connectivity index (χ2v) is 11.5. The summed E-state index contributed by atoms with van der Waals surface area (Å²) in [7, 11) is -2.47. The van der Waals surface area contributed by atoms with Crippen LogP contribution in [0.2, 0.25) is 15.1 Å². The molecule has 0 fully saturated rings. The van der Waals surface area contributed by atoms with E-state index < -0.39 is 34.4 Å². The predicted octanol–water partition coefficient (Wildman–Crippen LogP) is 4.80. The Balaban J connectivity index is 2.06. The van der Waals surface area contributed by atoms with E-state index in [2.05, 4.69) is 5.32 Å². The van der Waals surface area contributed by atoms with Gasteiger partial charge in [-0.3, -0.25) is 13.9 Å². The van der Waals surface area contributed by atoms with E-state index in [0.29, 0.717) is 10.6 Å². The summed E-state index contributed by atoms with van der Waals surface area (Å²) < 4.78 is 26.4. The Morgan fingerprint density at radius 2 is 1.54 bits per heavy atom. The summed E-state index contributed by atoms with van der Waals surface area (Å²) in [5.41, 5.74) is 1.57. The Morgan fingerprint density at radius 3 is 2.16 bits per heavy atom. The van der Waals surface area contributed by atoms with Crippen molar-refractivity contribution in [3.63, 3.8) is 0 Å². The van der Waals surface area contributed by atoms with Crippen LogP contribution < -0.4 is 9.62 Å². The van der Waals surface area contributed by atoms with E-state index >= 15 is 0 Å². The van der Waals surface area contributed by atoms with Crippen molar-refractivity contribution < 1.29 is 18.0 Å². The SMILES string of the molecule is CNC(=O)[C@H](Cc1ccccc1)N(Cc1cccc(Cl)c1)C(=O)CN(c1cc(Cl)ccc1Cl)S(C)(=O)=O. The summed E-state index contributed by atoms with van der Waals surface area (Å²) in [5.74, 6) is -1.00. The van der Waals surface area contributed by atoms with Gasteiger partial charge in [0.2, 0.25) is 21.8 Å². The number of likely N-dealkylation sites (N-methyl/N-ethyl adjacent to an activating group) is 1. The minimum absolute atomic E-state index is 0.0190. The van der Waals surface area contributed by atoms with Crippen LogP contribution in [0.25, 0.3) is 0 Å². The molecule has 1 atom stereocenters. The maximum Gasteiger partial charge on any atom is 0.244 e. The number of amides is 2.